The highest BCUT2D eigenvalue weighted by atomic mass is 35.5. The van der Waals surface area contributed by atoms with Crippen LogP contribution in [-0.2, 0) is 24.5 Å². The number of halogens is 1. The quantitative estimate of drug-likeness (QED) is 0.428. The lowest BCUT2D eigenvalue weighted by Crippen LogP contribution is -2.17. The largest absolute Gasteiger partial charge is 0.383 e. The van der Waals surface area contributed by atoms with Gasteiger partial charge in [0.1, 0.15) is 0 Å². The van der Waals surface area contributed by atoms with Gasteiger partial charge in [-0.25, -0.2) is 0 Å². The van der Waals surface area contributed by atoms with Crippen LogP contribution in [0.25, 0.3) is 0 Å². The number of unbranched alkanes of at least 4 members (excludes halogenated alkanes) is 3. The number of methoxy groups -OCH3 is 1. The molecule has 0 radical (unpaired) electrons. The molecule has 6 heteroatoms. The van der Waals surface area contributed by atoms with Crippen molar-refractivity contribution in [3.8, 4) is 0 Å². The Hall–Kier alpha value is 0.320. The molecule has 0 spiro atoms. The topological polar surface area (TPSA) is 44.8 Å². The highest BCUT2D eigenvalue weighted by molar-refractivity contribution is 7.75. The van der Waals surface area contributed by atoms with Gasteiger partial charge in [0.05, 0.1) is 25.2 Å². The summed E-state index contributed by atoms with van der Waals surface area (Å²) in [5.41, 5.74) is 0. The van der Waals surface area contributed by atoms with Crippen molar-refractivity contribution in [1.29, 1.82) is 0 Å². The number of hydrogen-bond donors (Lipinski definition) is 0. The van der Waals surface area contributed by atoms with Crippen LogP contribution in [0.1, 0.15) is 32.6 Å². The molecule has 2 atom stereocenters. The molecule has 0 saturated heterocycles. The first-order valence-corrected chi connectivity index (χ1v) is 6.95. The van der Waals surface area contributed by atoms with Gasteiger partial charge in [0.15, 0.2) is 0 Å². The Kier molecular flexibility index (Phi) is 12.0. The van der Waals surface area contributed by atoms with E-state index in [0.717, 1.165) is 12.8 Å². The molecule has 4 nitrogen and oxygen atoms in total. The van der Waals surface area contributed by atoms with E-state index < -0.39 is 11.4 Å². The van der Waals surface area contributed by atoms with Crippen LogP contribution >= 0.6 is 11.6 Å². The molecule has 0 aromatic carbocycles. The van der Waals surface area contributed by atoms with Crippen molar-refractivity contribution in [2.45, 2.75) is 38.0 Å². The van der Waals surface area contributed by atoms with Gasteiger partial charge in [0.2, 0.25) is 0 Å². The van der Waals surface area contributed by atoms with E-state index in [1.54, 1.807) is 7.11 Å². The lowest BCUT2D eigenvalue weighted by Gasteiger charge is -2.08. The van der Waals surface area contributed by atoms with Gasteiger partial charge in [-0.3, -0.25) is 8.37 Å². The molecule has 0 heterocycles. The van der Waals surface area contributed by atoms with Crippen LogP contribution in [0.15, 0.2) is 0 Å². The van der Waals surface area contributed by atoms with E-state index in [0.29, 0.717) is 13.2 Å². The molecule has 0 unspecified atom stereocenters. The Morgan fingerprint density at radius 3 is 2.56 bits per heavy atom. The Labute approximate surface area is 105 Å². The summed E-state index contributed by atoms with van der Waals surface area (Å²) in [4.78, 5) is 0. The second-order valence-electron chi connectivity index (χ2n) is 3.42. The van der Waals surface area contributed by atoms with Crippen LogP contribution in [0.3, 0.4) is 0 Å². The molecule has 98 valence electrons. The maximum atomic E-state index is 11.2. The summed E-state index contributed by atoms with van der Waals surface area (Å²) in [6, 6.07) is 0. The first kappa shape index (κ1) is 16.3. The SMILES string of the molecule is CCCCCCO[S@](=O)OC[C@H](Cl)COC. The van der Waals surface area contributed by atoms with Gasteiger partial charge in [-0.15, -0.1) is 11.6 Å². The molecule has 0 N–H and O–H groups in total. The summed E-state index contributed by atoms with van der Waals surface area (Å²) in [6.45, 7) is 3.13. The summed E-state index contributed by atoms with van der Waals surface area (Å²) < 4.78 is 25.8. The fraction of sp³-hybridized carbons (Fsp3) is 1.00. The molecule has 0 aromatic rings. The summed E-state index contributed by atoms with van der Waals surface area (Å²) >= 11 is 4.10. The van der Waals surface area contributed by atoms with Gasteiger partial charge in [-0.2, -0.15) is 4.21 Å². The molecular formula is C10H21ClO4S. The second kappa shape index (κ2) is 11.8. The van der Waals surface area contributed by atoms with E-state index in [2.05, 4.69) is 6.92 Å². The Bertz CT molecular complexity index is 180. The minimum Gasteiger partial charge on any atom is -0.383 e. The molecule has 0 aliphatic rings. The van der Waals surface area contributed by atoms with E-state index in [9.17, 15) is 4.21 Å². The molecule has 0 aliphatic carbocycles. The third-order valence-electron chi connectivity index (χ3n) is 1.87. The first-order chi connectivity index (χ1) is 7.70. The van der Waals surface area contributed by atoms with Crippen LogP contribution in [0, 0.1) is 0 Å². The van der Waals surface area contributed by atoms with E-state index >= 15 is 0 Å². The van der Waals surface area contributed by atoms with Crippen molar-refractivity contribution in [2.75, 3.05) is 26.9 Å². The molecule has 0 aromatic heterocycles. The summed E-state index contributed by atoms with van der Waals surface area (Å²) in [5.74, 6) is 0. The fourth-order valence-corrected chi connectivity index (χ4v) is 1.91. The average molecular weight is 273 g/mol. The number of hydrogen-bond acceptors (Lipinski definition) is 4. The lowest BCUT2D eigenvalue weighted by molar-refractivity contribution is 0.171. The normalized spacial score (nSPS) is 14.9. The third-order valence-corrected chi connectivity index (χ3v) is 2.81. The number of alkyl halides is 1. The van der Waals surface area contributed by atoms with Gasteiger partial charge < -0.3 is 4.74 Å². The first-order valence-electron chi connectivity index (χ1n) is 5.52. The van der Waals surface area contributed by atoms with Crippen LogP contribution in [0.5, 0.6) is 0 Å². The van der Waals surface area contributed by atoms with Crippen LogP contribution in [-0.4, -0.2) is 36.5 Å². The highest BCUT2D eigenvalue weighted by Crippen LogP contribution is 2.02. The Balaban J connectivity index is 3.30. The van der Waals surface area contributed by atoms with Crippen molar-refractivity contribution in [1.82, 2.24) is 0 Å². The fourth-order valence-electron chi connectivity index (χ4n) is 1.05. The van der Waals surface area contributed by atoms with Crippen LogP contribution in [0.2, 0.25) is 0 Å². The van der Waals surface area contributed by atoms with Gasteiger partial charge >= 0.3 is 11.4 Å². The van der Waals surface area contributed by atoms with E-state index in [1.807, 2.05) is 0 Å². The minimum absolute atomic E-state index is 0.164. The zero-order valence-electron chi connectivity index (χ0n) is 9.95. The molecule has 0 amide bonds. The minimum atomic E-state index is -1.69. The molecule has 0 saturated carbocycles. The summed E-state index contributed by atoms with van der Waals surface area (Å²) in [6.07, 6.45) is 4.35. The van der Waals surface area contributed by atoms with Gasteiger partial charge in [-0.1, -0.05) is 26.2 Å². The molecular weight excluding hydrogens is 252 g/mol. The van der Waals surface area contributed by atoms with Crippen molar-refractivity contribution < 1.29 is 17.3 Å². The maximum Gasteiger partial charge on any atom is 0.304 e. The van der Waals surface area contributed by atoms with Crippen molar-refractivity contribution in [2.24, 2.45) is 0 Å². The molecule has 0 bridgehead atoms. The predicted molar refractivity (Wildman–Crippen MR) is 65.7 cm³/mol. The van der Waals surface area contributed by atoms with Crippen molar-refractivity contribution >= 4 is 23.0 Å². The van der Waals surface area contributed by atoms with Crippen LogP contribution < -0.4 is 0 Å². The zero-order chi connectivity index (χ0) is 12.2. The Morgan fingerprint density at radius 2 is 1.94 bits per heavy atom. The number of ether oxygens (including phenoxy) is 1. The van der Waals surface area contributed by atoms with Crippen molar-refractivity contribution in [3.63, 3.8) is 0 Å². The van der Waals surface area contributed by atoms with Gasteiger partial charge in [-0.05, 0) is 6.42 Å². The van der Waals surface area contributed by atoms with Gasteiger partial charge in [0.25, 0.3) is 0 Å². The smallest absolute Gasteiger partial charge is 0.304 e. The second-order valence-corrected chi connectivity index (χ2v) is 4.92. The highest BCUT2D eigenvalue weighted by Gasteiger charge is 2.08. The summed E-state index contributed by atoms with van der Waals surface area (Å²) in [7, 11) is 1.55. The maximum absolute atomic E-state index is 11.2. The molecule has 0 rings (SSSR count). The van der Waals surface area contributed by atoms with E-state index in [4.69, 9.17) is 24.7 Å². The van der Waals surface area contributed by atoms with E-state index in [-0.39, 0.29) is 12.0 Å². The Morgan fingerprint density at radius 1 is 1.19 bits per heavy atom. The van der Waals surface area contributed by atoms with Crippen molar-refractivity contribution in [3.05, 3.63) is 0 Å². The zero-order valence-corrected chi connectivity index (χ0v) is 11.5. The standard InChI is InChI=1S/C10H21ClO4S/c1-3-4-5-6-7-14-16(12)15-9-10(11)8-13-2/h10H,3-9H2,1-2H3/t10-,16+/m1/s1. The van der Waals surface area contributed by atoms with E-state index in [1.165, 1.54) is 12.8 Å². The summed E-state index contributed by atoms with van der Waals surface area (Å²) in [5, 5.41) is -0.294. The molecule has 0 fully saturated rings. The molecule has 16 heavy (non-hydrogen) atoms. The molecule has 0 aliphatic heterocycles. The van der Waals surface area contributed by atoms with Crippen LogP contribution in [0.4, 0.5) is 0 Å². The average Bonchev–Trinajstić information content (AvgIpc) is 2.26. The lowest BCUT2D eigenvalue weighted by atomic mass is 10.2. The van der Waals surface area contributed by atoms with Gasteiger partial charge in [0, 0.05) is 7.11 Å². The predicted octanol–water partition coefficient (Wildman–Crippen LogP) is 2.43. The number of rotatable bonds is 11. The monoisotopic (exact) mass is 272 g/mol. The third kappa shape index (κ3) is 10.8.